The Morgan fingerprint density at radius 1 is 1.32 bits per heavy atom. The summed E-state index contributed by atoms with van der Waals surface area (Å²) in [6.45, 7) is 2.77. The van der Waals surface area contributed by atoms with Gasteiger partial charge in [0.1, 0.15) is 5.75 Å². The van der Waals surface area contributed by atoms with E-state index in [-0.39, 0.29) is 5.75 Å². The highest BCUT2D eigenvalue weighted by molar-refractivity contribution is 6.30. The molecule has 4 nitrogen and oxygen atoms in total. The second kappa shape index (κ2) is 7.16. The fraction of sp³-hybridized carbons (Fsp3) is 0.357. The molecule has 0 atom stereocenters. The monoisotopic (exact) mass is 279 g/mol. The van der Waals surface area contributed by atoms with Crippen LogP contribution in [0.4, 0.5) is 0 Å². The van der Waals surface area contributed by atoms with E-state index in [1.54, 1.807) is 18.3 Å². The second-order valence-electron chi connectivity index (χ2n) is 4.43. The Labute approximate surface area is 118 Å². The number of rotatable bonds is 7. The number of phenols is 1. The van der Waals surface area contributed by atoms with E-state index in [0.717, 1.165) is 38.0 Å². The third kappa shape index (κ3) is 4.58. The second-order valence-corrected chi connectivity index (χ2v) is 4.86. The molecule has 0 aliphatic carbocycles. The third-order valence-electron chi connectivity index (χ3n) is 2.95. The molecule has 2 rings (SSSR count). The fourth-order valence-electron chi connectivity index (χ4n) is 1.90. The summed E-state index contributed by atoms with van der Waals surface area (Å²) in [7, 11) is 0. The van der Waals surface area contributed by atoms with Gasteiger partial charge in [0.15, 0.2) is 0 Å². The van der Waals surface area contributed by atoms with Gasteiger partial charge in [-0.05, 0) is 43.6 Å². The Hall–Kier alpha value is -1.52. The van der Waals surface area contributed by atoms with Gasteiger partial charge in [0.05, 0.1) is 6.33 Å². The van der Waals surface area contributed by atoms with Crippen LogP contribution in [-0.4, -0.2) is 27.7 Å². The van der Waals surface area contributed by atoms with Gasteiger partial charge in [0.25, 0.3) is 0 Å². The largest absolute Gasteiger partial charge is 0.508 e. The minimum atomic E-state index is 0.271. The van der Waals surface area contributed by atoms with Crippen molar-refractivity contribution in [2.45, 2.75) is 19.4 Å². The highest BCUT2D eigenvalue weighted by atomic mass is 35.5. The van der Waals surface area contributed by atoms with Gasteiger partial charge in [-0.3, -0.25) is 0 Å². The van der Waals surface area contributed by atoms with E-state index in [2.05, 4.69) is 14.9 Å². The number of aromatic hydroxyl groups is 1. The first-order chi connectivity index (χ1) is 9.25. The summed E-state index contributed by atoms with van der Waals surface area (Å²) in [5.41, 5.74) is 0.923. The van der Waals surface area contributed by atoms with E-state index >= 15 is 0 Å². The fourth-order valence-corrected chi connectivity index (χ4v) is 2.07. The zero-order chi connectivity index (χ0) is 13.5. The molecule has 0 saturated heterocycles. The van der Waals surface area contributed by atoms with Crippen molar-refractivity contribution >= 4 is 11.6 Å². The van der Waals surface area contributed by atoms with Crippen molar-refractivity contribution in [3.05, 3.63) is 47.5 Å². The normalized spacial score (nSPS) is 10.8. The summed E-state index contributed by atoms with van der Waals surface area (Å²) in [6, 6.07) is 5.25. The lowest BCUT2D eigenvalue weighted by Gasteiger charge is -2.07. The maximum atomic E-state index is 9.70. The molecule has 0 aliphatic heterocycles. The van der Waals surface area contributed by atoms with Gasteiger partial charge < -0.3 is 15.0 Å². The van der Waals surface area contributed by atoms with E-state index < -0.39 is 0 Å². The van der Waals surface area contributed by atoms with E-state index in [0.29, 0.717) is 5.02 Å². The summed E-state index contributed by atoms with van der Waals surface area (Å²) in [5.74, 6) is 0.271. The molecule has 19 heavy (non-hydrogen) atoms. The van der Waals surface area contributed by atoms with Crippen LogP contribution in [0.3, 0.4) is 0 Å². The average Bonchev–Trinajstić information content (AvgIpc) is 2.89. The first-order valence-electron chi connectivity index (χ1n) is 6.39. The lowest BCUT2D eigenvalue weighted by atomic mass is 10.1. The van der Waals surface area contributed by atoms with Crippen LogP contribution in [0, 0.1) is 0 Å². The Morgan fingerprint density at radius 3 is 2.95 bits per heavy atom. The Balaban J connectivity index is 1.61. The minimum Gasteiger partial charge on any atom is -0.508 e. The molecule has 1 heterocycles. The average molecular weight is 280 g/mol. The molecule has 0 unspecified atom stereocenters. The molecule has 1 aromatic heterocycles. The molecule has 0 radical (unpaired) electrons. The van der Waals surface area contributed by atoms with Crippen LogP contribution in [0.15, 0.2) is 36.9 Å². The van der Waals surface area contributed by atoms with Crippen LogP contribution >= 0.6 is 11.6 Å². The van der Waals surface area contributed by atoms with Crippen LogP contribution in [-0.2, 0) is 13.0 Å². The lowest BCUT2D eigenvalue weighted by molar-refractivity contribution is 0.466. The number of aromatic nitrogens is 2. The first-order valence-corrected chi connectivity index (χ1v) is 6.77. The van der Waals surface area contributed by atoms with Crippen LogP contribution in [0.1, 0.15) is 12.0 Å². The molecule has 0 amide bonds. The van der Waals surface area contributed by atoms with Crippen molar-refractivity contribution in [3.63, 3.8) is 0 Å². The van der Waals surface area contributed by atoms with Crippen molar-refractivity contribution in [2.24, 2.45) is 0 Å². The van der Waals surface area contributed by atoms with Gasteiger partial charge in [-0.15, -0.1) is 0 Å². The highest BCUT2D eigenvalue weighted by Gasteiger charge is 2.01. The summed E-state index contributed by atoms with van der Waals surface area (Å²) < 4.78 is 2.06. The van der Waals surface area contributed by atoms with Crippen LogP contribution in [0.2, 0.25) is 5.02 Å². The number of halogens is 1. The van der Waals surface area contributed by atoms with Gasteiger partial charge in [0, 0.05) is 24.0 Å². The van der Waals surface area contributed by atoms with Crippen molar-refractivity contribution in [3.8, 4) is 5.75 Å². The summed E-state index contributed by atoms with van der Waals surface area (Å²) in [5, 5.41) is 13.6. The van der Waals surface area contributed by atoms with Crippen LogP contribution < -0.4 is 5.32 Å². The number of benzene rings is 1. The van der Waals surface area contributed by atoms with Gasteiger partial charge in [0.2, 0.25) is 0 Å². The Bertz CT molecular complexity index is 499. The number of imidazole rings is 1. The topological polar surface area (TPSA) is 50.1 Å². The minimum absolute atomic E-state index is 0.271. The number of hydrogen-bond acceptors (Lipinski definition) is 3. The molecule has 2 aromatic rings. The zero-order valence-electron chi connectivity index (χ0n) is 10.7. The lowest BCUT2D eigenvalue weighted by Crippen LogP contribution is -2.19. The number of phenolic OH excluding ortho intramolecular Hbond substituents is 1. The van der Waals surface area contributed by atoms with Gasteiger partial charge in [-0.25, -0.2) is 4.98 Å². The van der Waals surface area contributed by atoms with E-state index in [4.69, 9.17) is 11.6 Å². The van der Waals surface area contributed by atoms with Gasteiger partial charge in [-0.2, -0.15) is 0 Å². The zero-order valence-corrected chi connectivity index (χ0v) is 11.5. The molecule has 0 fully saturated rings. The summed E-state index contributed by atoms with van der Waals surface area (Å²) >= 11 is 5.79. The van der Waals surface area contributed by atoms with E-state index in [1.165, 1.54) is 0 Å². The molecule has 0 saturated carbocycles. The maximum Gasteiger partial charge on any atom is 0.120 e. The van der Waals surface area contributed by atoms with Gasteiger partial charge in [-0.1, -0.05) is 17.7 Å². The SMILES string of the molecule is Oc1cc(Cl)ccc1CCNCCCn1ccnc1. The maximum absolute atomic E-state index is 9.70. The van der Waals surface area contributed by atoms with Crippen LogP contribution in [0.5, 0.6) is 5.75 Å². The highest BCUT2D eigenvalue weighted by Crippen LogP contribution is 2.21. The Kier molecular flexibility index (Phi) is 5.24. The number of nitrogens with zero attached hydrogens (tertiary/aromatic N) is 2. The molecule has 2 N–H and O–H groups in total. The number of nitrogens with one attached hydrogen (secondary N) is 1. The standard InChI is InChI=1S/C14H18ClN3O/c15-13-3-2-12(14(19)10-13)4-6-16-5-1-8-18-9-7-17-11-18/h2-3,7,9-11,16,19H,1,4-6,8H2. The number of aryl methyl sites for hydroxylation is 1. The molecule has 1 aromatic carbocycles. The molecular formula is C14H18ClN3O. The van der Waals surface area contributed by atoms with Crippen molar-refractivity contribution in [1.82, 2.24) is 14.9 Å². The summed E-state index contributed by atoms with van der Waals surface area (Å²) in [6.07, 6.45) is 7.44. The van der Waals surface area contributed by atoms with Crippen LogP contribution in [0.25, 0.3) is 0 Å². The van der Waals surface area contributed by atoms with Crippen molar-refractivity contribution < 1.29 is 5.11 Å². The van der Waals surface area contributed by atoms with Gasteiger partial charge >= 0.3 is 0 Å². The Morgan fingerprint density at radius 2 is 2.21 bits per heavy atom. The predicted molar refractivity (Wildman–Crippen MR) is 76.5 cm³/mol. The molecule has 102 valence electrons. The molecule has 0 spiro atoms. The number of hydrogen-bond donors (Lipinski definition) is 2. The quantitative estimate of drug-likeness (QED) is 0.766. The molecule has 5 heteroatoms. The van der Waals surface area contributed by atoms with E-state index in [1.807, 2.05) is 18.6 Å². The first kappa shape index (κ1) is 13.9. The smallest absolute Gasteiger partial charge is 0.120 e. The van der Waals surface area contributed by atoms with Crippen molar-refractivity contribution in [1.29, 1.82) is 0 Å². The van der Waals surface area contributed by atoms with E-state index in [9.17, 15) is 5.11 Å². The summed E-state index contributed by atoms with van der Waals surface area (Å²) in [4.78, 5) is 4.00. The molecule has 0 aliphatic rings. The molecule has 0 bridgehead atoms. The third-order valence-corrected chi connectivity index (χ3v) is 3.18. The van der Waals surface area contributed by atoms with Crippen molar-refractivity contribution in [2.75, 3.05) is 13.1 Å². The molecular weight excluding hydrogens is 262 g/mol. The predicted octanol–water partition coefficient (Wildman–Crippen LogP) is 2.46.